The van der Waals surface area contributed by atoms with E-state index in [2.05, 4.69) is 11.8 Å². The SMILES string of the molecule is CCC1CCN(C(C)C(=O)OC)CC1. The highest BCUT2D eigenvalue weighted by Crippen LogP contribution is 2.21. The molecule has 14 heavy (non-hydrogen) atoms. The van der Waals surface area contributed by atoms with Gasteiger partial charge in [0.15, 0.2) is 0 Å². The molecule has 0 aromatic heterocycles. The Morgan fingerprint density at radius 1 is 1.50 bits per heavy atom. The van der Waals surface area contributed by atoms with E-state index in [4.69, 9.17) is 4.74 Å². The molecular formula is C11H21NO2. The van der Waals surface area contributed by atoms with Crippen molar-refractivity contribution in [2.45, 2.75) is 39.2 Å². The highest BCUT2D eigenvalue weighted by Gasteiger charge is 2.26. The van der Waals surface area contributed by atoms with Gasteiger partial charge in [0.25, 0.3) is 0 Å². The third kappa shape index (κ3) is 2.71. The predicted molar refractivity (Wildman–Crippen MR) is 56.1 cm³/mol. The van der Waals surface area contributed by atoms with Crippen molar-refractivity contribution >= 4 is 5.97 Å². The van der Waals surface area contributed by atoms with Gasteiger partial charge in [-0.1, -0.05) is 13.3 Å². The highest BCUT2D eigenvalue weighted by molar-refractivity contribution is 5.75. The summed E-state index contributed by atoms with van der Waals surface area (Å²) in [5, 5.41) is 0. The number of carbonyl (C=O) groups excluding carboxylic acids is 1. The minimum absolute atomic E-state index is 0.0715. The molecule has 82 valence electrons. The standard InChI is InChI=1S/C11H21NO2/c1-4-10-5-7-12(8-6-10)9(2)11(13)14-3/h9-10H,4-8H2,1-3H3. The predicted octanol–water partition coefficient (Wildman–Crippen LogP) is 1.67. The minimum Gasteiger partial charge on any atom is -0.468 e. The second kappa shape index (κ2) is 5.35. The fraction of sp³-hybridized carbons (Fsp3) is 0.909. The molecule has 0 N–H and O–H groups in total. The molecule has 3 nitrogen and oxygen atoms in total. The van der Waals surface area contributed by atoms with Crippen LogP contribution in [0.1, 0.15) is 33.1 Å². The zero-order valence-electron chi connectivity index (χ0n) is 9.45. The third-order valence-corrected chi connectivity index (χ3v) is 3.32. The van der Waals surface area contributed by atoms with E-state index in [9.17, 15) is 4.79 Å². The summed E-state index contributed by atoms with van der Waals surface area (Å²) in [5.41, 5.74) is 0. The number of hydrogen-bond acceptors (Lipinski definition) is 3. The third-order valence-electron chi connectivity index (χ3n) is 3.32. The average molecular weight is 199 g/mol. The number of likely N-dealkylation sites (tertiary alicyclic amines) is 1. The van der Waals surface area contributed by atoms with Crippen LogP contribution < -0.4 is 0 Å². The molecule has 0 radical (unpaired) electrons. The lowest BCUT2D eigenvalue weighted by Gasteiger charge is -2.34. The molecule has 1 fully saturated rings. The normalized spacial score (nSPS) is 21.9. The number of methoxy groups -OCH3 is 1. The summed E-state index contributed by atoms with van der Waals surface area (Å²) in [6.07, 6.45) is 3.70. The first-order valence-electron chi connectivity index (χ1n) is 5.51. The van der Waals surface area contributed by atoms with Crippen LogP contribution in [0.2, 0.25) is 0 Å². The van der Waals surface area contributed by atoms with E-state index in [-0.39, 0.29) is 12.0 Å². The number of rotatable bonds is 3. The fourth-order valence-electron chi connectivity index (χ4n) is 2.07. The van der Waals surface area contributed by atoms with Crippen molar-refractivity contribution in [1.29, 1.82) is 0 Å². The quantitative estimate of drug-likeness (QED) is 0.648. The average Bonchev–Trinajstić information content (AvgIpc) is 2.27. The maximum atomic E-state index is 11.3. The van der Waals surface area contributed by atoms with Crippen LogP contribution in [0.5, 0.6) is 0 Å². The van der Waals surface area contributed by atoms with Gasteiger partial charge in [-0.25, -0.2) is 0 Å². The van der Waals surface area contributed by atoms with Crippen LogP contribution in [-0.2, 0) is 9.53 Å². The number of piperidine rings is 1. The molecule has 1 aliphatic heterocycles. The monoisotopic (exact) mass is 199 g/mol. The van der Waals surface area contributed by atoms with Crippen molar-refractivity contribution in [3.8, 4) is 0 Å². The maximum absolute atomic E-state index is 11.3. The molecule has 1 unspecified atom stereocenters. The van der Waals surface area contributed by atoms with Crippen molar-refractivity contribution in [1.82, 2.24) is 4.90 Å². The van der Waals surface area contributed by atoms with E-state index in [0.717, 1.165) is 19.0 Å². The van der Waals surface area contributed by atoms with Gasteiger partial charge in [0.1, 0.15) is 6.04 Å². The second-order valence-electron chi connectivity index (χ2n) is 4.09. The zero-order valence-corrected chi connectivity index (χ0v) is 9.45. The van der Waals surface area contributed by atoms with Crippen LogP contribution in [0.25, 0.3) is 0 Å². The van der Waals surface area contributed by atoms with Crippen LogP contribution in [-0.4, -0.2) is 37.1 Å². The van der Waals surface area contributed by atoms with Crippen LogP contribution in [0, 0.1) is 5.92 Å². The molecule has 0 bridgehead atoms. The van der Waals surface area contributed by atoms with Crippen molar-refractivity contribution in [2.75, 3.05) is 20.2 Å². The molecule has 1 aliphatic rings. The summed E-state index contributed by atoms with van der Waals surface area (Å²) in [5.74, 6) is 0.746. The van der Waals surface area contributed by atoms with Crippen LogP contribution in [0.4, 0.5) is 0 Å². The molecule has 1 heterocycles. The first-order valence-corrected chi connectivity index (χ1v) is 5.51. The first-order chi connectivity index (χ1) is 6.69. The fourth-order valence-corrected chi connectivity index (χ4v) is 2.07. The lowest BCUT2D eigenvalue weighted by atomic mass is 9.94. The molecular weight excluding hydrogens is 178 g/mol. The van der Waals surface area contributed by atoms with Gasteiger partial charge >= 0.3 is 5.97 Å². The molecule has 1 atom stereocenters. The van der Waals surface area contributed by atoms with Gasteiger partial charge in [0, 0.05) is 0 Å². The van der Waals surface area contributed by atoms with Crippen LogP contribution in [0.15, 0.2) is 0 Å². The van der Waals surface area contributed by atoms with Gasteiger partial charge in [-0.3, -0.25) is 9.69 Å². The van der Waals surface area contributed by atoms with Gasteiger partial charge in [-0.2, -0.15) is 0 Å². The second-order valence-corrected chi connectivity index (χ2v) is 4.09. The van der Waals surface area contributed by atoms with E-state index in [0.29, 0.717) is 0 Å². The molecule has 0 aliphatic carbocycles. The minimum atomic E-state index is -0.111. The lowest BCUT2D eigenvalue weighted by Crippen LogP contribution is -2.44. The zero-order chi connectivity index (χ0) is 10.6. The summed E-state index contributed by atoms with van der Waals surface area (Å²) < 4.78 is 4.74. The van der Waals surface area contributed by atoms with Crippen LogP contribution >= 0.6 is 0 Å². The van der Waals surface area contributed by atoms with Crippen molar-refractivity contribution < 1.29 is 9.53 Å². The summed E-state index contributed by atoms with van der Waals surface area (Å²) in [6, 6.07) is -0.0715. The largest absolute Gasteiger partial charge is 0.468 e. The van der Waals surface area contributed by atoms with Gasteiger partial charge in [-0.05, 0) is 38.8 Å². The van der Waals surface area contributed by atoms with Crippen molar-refractivity contribution in [3.05, 3.63) is 0 Å². The Kier molecular flexibility index (Phi) is 4.39. The molecule has 3 heteroatoms. The summed E-state index contributed by atoms with van der Waals surface area (Å²) in [7, 11) is 1.46. The Labute approximate surface area is 86.4 Å². The van der Waals surface area contributed by atoms with E-state index < -0.39 is 0 Å². The Bertz CT molecular complexity index is 186. The molecule has 1 saturated heterocycles. The molecule has 0 amide bonds. The molecule has 0 spiro atoms. The summed E-state index contributed by atoms with van der Waals surface area (Å²) >= 11 is 0. The molecule has 0 saturated carbocycles. The molecule has 0 aromatic rings. The van der Waals surface area contributed by atoms with E-state index in [1.54, 1.807) is 0 Å². The lowest BCUT2D eigenvalue weighted by molar-refractivity contribution is -0.146. The smallest absolute Gasteiger partial charge is 0.322 e. The number of ether oxygens (including phenoxy) is 1. The van der Waals surface area contributed by atoms with Gasteiger partial charge in [0.2, 0.25) is 0 Å². The molecule has 0 aromatic carbocycles. The number of carbonyl (C=O) groups is 1. The topological polar surface area (TPSA) is 29.5 Å². The van der Waals surface area contributed by atoms with Gasteiger partial charge < -0.3 is 4.74 Å². The van der Waals surface area contributed by atoms with Crippen molar-refractivity contribution in [2.24, 2.45) is 5.92 Å². The number of nitrogens with zero attached hydrogens (tertiary/aromatic N) is 1. The maximum Gasteiger partial charge on any atom is 0.322 e. The summed E-state index contributed by atoms with van der Waals surface area (Å²) in [6.45, 7) is 6.24. The Balaban J connectivity index is 2.37. The van der Waals surface area contributed by atoms with Crippen molar-refractivity contribution in [3.63, 3.8) is 0 Å². The van der Waals surface area contributed by atoms with Gasteiger partial charge in [0.05, 0.1) is 7.11 Å². The van der Waals surface area contributed by atoms with E-state index in [1.807, 2.05) is 6.92 Å². The summed E-state index contributed by atoms with van der Waals surface area (Å²) in [4.78, 5) is 13.5. The Morgan fingerprint density at radius 2 is 2.07 bits per heavy atom. The van der Waals surface area contributed by atoms with E-state index in [1.165, 1.54) is 26.4 Å². The van der Waals surface area contributed by atoms with E-state index >= 15 is 0 Å². The highest BCUT2D eigenvalue weighted by atomic mass is 16.5. The van der Waals surface area contributed by atoms with Gasteiger partial charge in [-0.15, -0.1) is 0 Å². The number of esters is 1. The molecule has 1 rings (SSSR count). The Hall–Kier alpha value is -0.570. The first kappa shape index (κ1) is 11.5. The number of hydrogen-bond donors (Lipinski definition) is 0. The Morgan fingerprint density at radius 3 is 2.50 bits per heavy atom. The van der Waals surface area contributed by atoms with Crippen LogP contribution in [0.3, 0.4) is 0 Å².